The number of hydrogen-bond donors (Lipinski definition) is 2. The van der Waals surface area contributed by atoms with E-state index in [-0.39, 0.29) is 11.3 Å². The van der Waals surface area contributed by atoms with E-state index < -0.39 is 22.0 Å². The van der Waals surface area contributed by atoms with Crippen LogP contribution in [0.5, 0.6) is 5.75 Å². The molecule has 1 aromatic carbocycles. The molecule has 20 heavy (non-hydrogen) atoms. The van der Waals surface area contributed by atoms with Crippen LogP contribution in [0.25, 0.3) is 0 Å². The third-order valence-corrected chi connectivity index (χ3v) is 3.67. The van der Waals surface area contributed by atoms with Gasteiger partial charge < -0.3 is 4.74 Å². The zero-order chi connectivity index (χ0) is 15.2. The van der Waals surface area contributed by atoms with Crippen LogP contribution in [-0.2, 0) is 14.8 Å². The number of urea groups is 1. The molecule has 0 atom stereocenters. The summed E-state index contributed by atoms with van der Waals surface area (Å²) in [5.41, 5.74) is 0. The maximum absolute atomic E-state index is 11.9. The Labute approximate surface area is 117 Å². The molecule has 0 fully saturated rings. The van der Waals surface area contributed by atoms with Gasteiger partial charge in [0.05, 0.1) is 12.0 Å². The topological polar surface area (TPSA) is 102 Å². The van der Waals surface area contributed by atoms with E-state index in [2.05, 4.69) is 0 Å². The minimum Gasteiger partial charge on any atom is -0.497 e. The monoisotopic (exact) mass is 300 g/mol. The van der Waals surface area contributed by atoms with Crippen LogP contribution in [0.3, 0.4) is 0 Å². The van der Waals surface area contributed by atoms with Crippen LogP contribution in [-0.4, -0.2) is 27.5 Å². The van der Waals surface area contributed by atoms with Gasteiger partial charge in [-0.3, -0.25) is 10.1 Å². The van der Waals surface area contributed by atoms with Crippen LogP contribution >= 0.6 is 0 Å². The van der Waals surface area contributed by atoms with E-state index in [1.165, 1.54) is 31.4 Å². The Morgan fingerprint density at radius 2 is 1.80 bits per heavy atom. The maximum atomic E-state index is 11.9. The van der Waals surface area contributed by atoms with Crippen LogP contribution in [0.1, 0.15) is 19.8 Å². The fourth-order valence-corrected chi connectivity index (χ4v) is 2.28. The van der Waals surface area contributed by atoms with Crippen molar-refractivity contribution in [1.82, 2.24) is 10.0 Å². The number of amides is 3. The van der Waals surface area contributed by atoms with Gasteiger partial charge in [0.15, 0.2) is 0 Å². The van der Waals surface area contributed by atoms with E-state index in [1.54, 1.807) is 11.6 Å². The van der Waals surface area contributed by atoms with Crippen molar-refractivity contribution in [2.24, 2.45) is 0 Å². The van der Waals surface area contributed by atoms with Crippen LogP contribution < -0.4 is 14.8 Å². The molecular weight excluding hydrogens is 284 g/mol. The molecule has 0 aromatic heterocycles. The van der Waals surface area contributed by atoms with Gasteiger partial charge >= 0.3 is 6.03 Å². The Morgan fingerprint density at radius 3 is 2.30 bits per heavy atom. The smallest absolute Gasteiger partial charge is 0.335 e. The molecule has 2 N–H and O–H groups in total. The van der Waals surface area contributed by atoms with Crippen molar-refractivity contribution in [3.05, 3.63) is 24.3 Å². The lowest BCUT2D eigenvalue weighted by atomic mass is 10.3. The minimum absolute atomic E-state index is 0.101. The second kappa shape index (κ2) is 6.90. The summed E-state index contributed by atoms with van der Waals surface area (Å²) in [6.45, 7) is 1.77. The van der Waals surface area contributed by atoms with Crippen LogP contribution in [0.4, 0.5) is 4.79 Å². The SMILES string of the molecule is CCCC(=O)NC(=O)NS(=O)(=O)c1ccc(OC)cc1. The fourth-order valence-electron chi connectivity index (χ4n) is 1.38. The number of carbonyl (C=O) groups excluding carboxylic acids is 2. The molecule has 1 rings (SSSR count). The van der Waals surface area contributed by atoms with Crippen molar-refractivity contribution < 1.29 is 22.7 Å². The average molecular weight is 300 g/mol. The lowest BCUT2D eigenvalue weighted by Gasteiger charge is -2.08. The summed E-state index contributed by atoms with van der Waals surface area (Å²) >= 11 is 0. The average Bonchev–Trinajstić information content (AvgIpc) is 2.38. The number of benzene rings is 1. The Kier molecular flexibility index (Phi) is 5.51. The maximum Gasteiger partial charge on any atom is 0.335 e. The number of imide groups is 1. The predicted molar refractivity (Wildman–Crippen MR) is 71.8 cm³/mol. The van der Waals surface area contributed by atoms with Crippen molar-refractivity contribution in [3.63, 3.8) is 0 Å². The summed E-state index contributed by atoms with van der Waals surface area (Å²) in [5, 5.41) is 1.94. The molecule has 7 nitrogen and oxygen atoms in total. The normalized spacial score (nSPS) is 10.7. The Morgan fingerprint density at radius 1 is 1.20 bits per heavy atom. The summed E-state index contributed by atoms with van der Waals surface area (Å²) in [7, 11) is -2.56. The first-order chi connectivity index (χ1) is 9.39. The van der Waals surface area contributed by atoms with Crippen LogP contribution in [0.15, 0.2) is 29.2 Å². The van der Waals surface area contributed by atoms with Crippen LogP contribution in [0, 0.1) is 0 Å². The molecule has 0 heterocycles. The molecule has 110 valence electrons. The predicted octanol–water partition coefficient (Wildman–Crippen LogP) is 1.01. The lowest BCUT2D eigenvalue weighted by molar-refractivity contribution is -0.120. The molecule has 0 aliphatic rings. The van der Waals surface area contributed by atoms with E-state index in [0.717, 1.165) is 0 Å². The zero-order valence-corrected chi connectivity index (χ0v) is 12.0. The third kappa shape index (κ3) is 4.54. The van der Waals surface area contributed by atoms with Gasteiger partial charge in [0.25, 0.3) is 10.0 Å². The van der Waals surface area contributed by atoms with E-state index >= 15 is 0 Å². The molecule has 0 spiro atoms. The highest BCUT2D eigenvalue weighted by atomic mass is 32.2. The molecule has 0 unspecified atom stereocenters. The van der Waals surface area contributed by atoms with E-state index in [1.807, 2.05) is 5.32 Å². The number of nitrogens with one attached hydrogen (secondary N) is 2. The third-order valence-electron chi connectivity index (χ3n) is 2.33. The second-order valence-corrected chi connectivity index (χ2v) is 5.59. The van der Waals surface area contributed by atoms with Gasteiger partial charge in [-0.25, -0.2) is 17.9 Å². The lowest BCUT2D eigenvalue weighted by Crippen LogP contribution is -2.42. The van der Waals surface area contributed by atoms with Crippen molar-refractivity contribution in [3.8, 4) is 5.75 Å². The molecule has 8 heteroatoms. The quantitative estimate of drug-likeness (QED) is 0.845. The standard InChI is InChI=1S/C12H16N2O5S/c1-3-4-11(15)13-12(16)14-20(17,18)10-7-5-9(19-2)6-8-10/h5-8H,3-4H2,1-2H3,(H2,13,14,15,16). The molecular formula is C12H16N2O5S. The number of carbonyl (C=O) groups is 2. The van der Waals surface area contributed by atoms with Crippen molar-refractivity contribution >= 4 is 22.0 Å². The zero-order valence-electron chi connectivity index (χ0n) is 11.2. The van der Waals surface area contributed by atoms with Crippen molar-refractivity contribution in [2.45, 2.75) is 24.7 Å². The highest BCUT2D eigenvalue weighted by molar-refractivity contribution is 7.90. The molecule has 3 amide bonds. The highest BCUT2D eigenvalue weighted by Crippen LogP contribution is 2.15. The first kappa shape index (κ1) is 16.0. The van der Waals surface area contributed by atoms with E-state index in [4.69, 9.17) is 4.74 Å². The van der Waals surface area contributed by atoms with Gasteiger partial charge in [-0.2, -0.15) is 0 Å². The molecule has 0 saturated heterocycles. The summed E-state index contributed by atoms with van der Waals surface area (Å²) in [5.74, 6) is -0.0403. The molecule has 0 radical (unpaired) electrons. The van der Waals surface area contributed by atoms with Crippen molar-refractivity contribution in [2.75, 3.05) is 7.11 Å². The number of hydrogen-bond acceptors (Lipinski definition) is 5. The first-order valence-corrected chi connectivity index (χ1v) is 7.38. The van der Waals surface area contributed by atoms with Crippen molar-refractivity contribution in [1.29, 1.82) is 0 Å². The van der Waals surface area contributed by atoms with Gasteiger partial charge in [-0.15, -0.1) is 0 Å². The van der Waals surface area contributed by atoms with E-state index in [0.29, 0.717) is 12.2 Å². The summed E-state index contributed by atoms with van der Waals surface area (Å²) < 4.78 is 30.4. The number of ether oxygens (including phenoxy) is 1. The highest BCUT2D eigenvalue weighted by Gasteiger charge is 2.18. The van der Waals surface area contributed by atoms with Gasteiger partial charge in [0.1, 0.15) is 5.75 Å². The summed E-state index contributed by atoms with van der Waals surface area (Å²) in [6.07, 6.45) is 0.709. The number of rotatable bonds is 5. The molecule has 0 saturated carbocycles. The fraction of sp³-hybridized carbons (Fsp3) is 0.333. The summed E-state index contributed by atoms with van der Waals surface area (Å²) in [4.78, 5) is 22.5. The molecule has 0 bridgehead atoms. The van der Waals surface area contributed by atoms with Gasteiger partial charge in [-0.1, -0.05) is 6.92 Å². The van der Waals surface area contributed by atoms with Gasteiger partial charge in [0.2, 0.25) is 5.91 Å². The number of methoxy groups -OCH3 is 1. The molecule has 0 aliphatic heterocycles. The Balaban J connectivity index is 2.73. The largest absolute Gasteiger partial charge is 0.497 e. The second-order valence-electron chi connectivity index (χ2n) is 3.91. The van der Waals surface area contributed by atoms with Gasteiger partial charge in [-0.05, 0) is 30.7 Å². The molecule has 1 aromatic rings. The molecule has 0 aliphatic carbocycles. The van der Waals surface area contributed by atoms with E-state index in [9.17, 15) is 18.0 Å². The Bertz CT molecular complexity index is 580. The minimum atomic E-state index is -4.01. The number of sulfonamides is 1. The van der Waals surface area contributed by atoms with Crippen LogP contribution in [0.2, 0.25) is 0 Å². The Hall–Kier alpha value is -2.09. The summed E-state index contributed by atoms with van der Waals surface area (Å²) in [6, 6.07) is 4.42. The van der Waals surface area contributed by atoms with Gasteiger partial charge in [0, 0.05) is 6.42 Å². The first-order valence-electron chi connectivity index (χ1n) is 5.89.